The molecule has 3 rings (SSSR count). The van der Waals surface area contributed by atoms with Crippen LogP contribution < -0.4 is 0 Å². The van der Waals surface area contributed by atoms with Crippen molar-refractivity contribution >= 4 is 26.9 Å². The minimum Gasteiger partial charge on any atom is -0.452 e. The number of para-hydroxylation sites is 2. The second-order valence-electron chi connectivity index (χ2n) is 4.98. The zero-order chi connectivity index (χ0) is 18.0. The molecule has 2 aromatic carbocycles. The number of aromatic nitrogens is 1. The first-order chi connectivity index (χ1) is 11.9. The van der Waals surface area contributed by atoms with E-state index in [1.807, 2.05) is 0 Å². The van der Waals surface area contributed by atoms with Gasteiger partial charge >= 0.3 is 11.7 Å². The van der Waals surface area contributed by atoms with Crippen LogP contribution in [0.3, 0.4) is 0 Å². The van der Waals surface area contributed by atoms with E-state index >= 15 is 0 Å². The predicted molar refractivity (Wildman–Crippen MR) is 82.8 cm³/mol. The van der Waals surface area contributed by atoms with Gasteiger partial charge in [0.15, 0.2) is 12.2 Å². The highest BCUT2D eigenvalue weighted by Crippen LogP contribution is 2.19. The largest absolute Gasteiger partial charge is 0.452 e. The number of alkyl halides is 2. The highest BCUT2D eigenvalue weighted by Gasteiger charge is 2.26. The Labute approximate surface area is 141 Å². The van der Waals surface area contributed by atoms with Crippen molar-refractivity contribution in [2.45, 2.75) is 17.3 Å². The van der Waals surface area contributed by atoms with Gasteiger partial charge in [0, 0.05) is 0 Å². The lowest BCUT2D eigenvalue weighted by Crippen LogP contribution is -2.12. The van der Waals surface area contributed by atoms with E-state index in [9.17, 15) is 22.0 Å². The van der Waals surface area contributed by atoms with Gasteiger partial charge in [-0.1, -0.05) is 12.1 Å². The van der Waals surface area contributed by atoms with Crippen LogP contribution in [0.1, 0.15) is 16.2 Å². The highest BCUT2D eigenvalue weighted by molar-refractivity contribution is 7.91. The van der Waals surface area contributed by atoms with Gasteiger partial charge < -0.3 is 9.15 Å². The molecular formula is C16H11F2NO5S. The van der Waals surface area contributed by atoms with Crippen molar-refractivity contribution in [3.63, 3.8) is 0 Å². The lowest BCUT2D eigenvalue weighted by molar-refractivity contribution is 0.0440. The number of sulfone groups is 1. The van der Waals surface area contributed by atoms with Gasteiger partial charge in [0.2, 0.25) is 15.7 Å². The van der Waals surface area contributed by atoms with E-state index in [1.54, 1.807) is 24.3 Å². The topological polar surface area (TPSA) is 86.5 Å². The third-order valence-corrected chi connectivity index (χ3v) is 4.72. The fourth-order valence-electron chi connectivity index (χ4n) is 2.08. The van der Waals surface area contributed by atoms with Gasteiger partial charge in [-0.25, -0.2) is 18.2 Å². The van der Waals surface area contributed by atoms with Crippen LogP contribution in [0.5, 0.6) is 0 Å². The molecule has 0 bridgehead atoms. The van der Waals surface area contributed by atoms with Crippen LogP contribution in [0.2, 0.25) is 0 Å². The number of halogens is 2. The summed E-state index contributed by atoms with van der Waals surface area (Å²) in [7, 11) is -4.70. The number of hydrogen-bond donors (Lipinski definition) is 0. The SMILES string of the molecule is O=C(OCc1nc2ccccc2o1)c1ccc(S(=O)(=O)C(F)F)cc1. The minimum atomic E-state index is -4.70. The van der Waals surface area contributed by atoms with E-state index in [0.29, 0.717) is 11.1 Å². The number of nitrogens with zero attached hydrogens (tertiary/aromatic N) is 1. The zero-order valence-electron chi connectivity index (χ0n) is 12.6. The van der Waals surface area contributed by atoms with Gasteiger partial charge in [0.05, 0.1) is 10.5 Å². The number of esters is 1. The number of carbonyl (C=O) groups is 1. The maximum atomic E-state index is 12.5. The summed E-state index contributed by atoms with van der Waals surface area (Å²) in [6.45, 7) is -0.218. The molecule has 25 heavy (non-hydrogen) atoms. The Bertz CT molecular complexity index is 979. The maximum Gasteiger partial charge on any atom is 0.341 e. The second-order valence-corrected chi connectivity index (χ2v) is 6.90. The average Bonchev–Trinajstić information content (AvgIpc) is 3.02. The summed E-state index contributed by atoms with van der Waals surface area (Å²) < 4.78 is 58.0. The molecule has 1 aromatic heterocycles. The first-order valence-electron chi connectivity index (χ1n) is 7.01. The molecule has 9 heteroatoms. The standard InChI is InChI=1S/C16H11F2NO5S/c17-16(18)25(21,22)11-7-5-10(6-8-11)15(20)23-9-14-19-12-3-1-2-4-13(12)24-14/h1-8,16H,9H2. The number of benzene rings is 2. The average molecular weight is 367 g/mol. The third-order valence-electron chi connectivity index (χ3n) is 3.32. The summed E-state index contributed by atoms with van der Waals surface area (Å²) in [5, 5.41) is 0. The molecule has 6 nitrogen and oxygen atoms in total. The van der Waals surface area contributed by atoms with Gasteiger partial charge in [-0.15, -0.1) is 0 Å². The molecule has 0 spiro atoms. The molecule has 1 heterocycles. The van der Waals surface area contributed by atoms with E-state index in [2.05, 4.69) is 4.98 Å². The van der Waals surface area contributed by atoms with Crippen LogP contribution >= 0.6 is 0 Å². The van der Waals surface area contributed by atoms with Crippen molar-refractivity contribution in [3.8, 4) is 0 Å². The molecule has 0 aliphatic heterocycles. The molecule has 0 aliphatic rings. The lowest BCUT2D eigenvalue weighted by Gasteiger charge is -2.05. The Morgan fingerprint density at radius 2 is 1.80 bits per heavy atom. The Balaban J connectivity index is 1.69. The van der Waals surface area contributed by atoms with E-state index < -0.39 is 26.5 Å². The summed E-state index contributed by atoms with van der Waals surface area (Å²) in [6.07, 6.45) is 0. The van der Waals surface area contributed by atoms with Gasteiger partial charge in [-0.05, 0) is 36.4 Å². The fraction of sp³-hybridized carbons (Fsp3) is 0.125. The fourth-order valence-corrected chi connectivity index (χ4v) is 2.80. The van der Waals surface area contributed by atoms with Gasteiger partial charge in [0.1, 0.15) is 5.52 Å². The van der Waals surface area contributed by atoms with Crippen molar-refractivity contribution in [1.29, 1.82) is 0 Å². The number of oxazole rings is 1. The van der Waals surface area contributed by atoms with Crippen LogP contribution in [-0.2, 0) is 21.2 Å². The van der Waals surface area contributed by atoms with Crippen molar-refractivity contribution in [2.24, 2.45) is 0 Å². The summed E-state index contributed by atoms with van der Waals surface area (Å²) >= 11 is 0. The summed E-state index contributed by atoms with van der Waals surface area (Å²) in [5.74, 6) is -4.08. The molecule has 0 saturated heterocycles. The first kappa shape index (κ1) is 17.0. The highest BCUT2D eigenvalue weighted by atomic mass is 32.2. The molecule has 130 valence electrons. The number of fused-ring (bicyclic) bond motifs is 1. The van der Waals surface area contributed by atoms with Gasteiger partial charge in [-0.3, -0.25) is 0 Å². The molecule has 0 saturated carbocycles. The molecular weight excluding hydrogens is 356 g/mol. The quantitative estimate of drug-likeness (QED) is 0.644. The summed E-state index contributed by atoms with van der Waals surface area (Å²) in [5.41, 5.74) is 1.19. The number of carbonyl (C=O) groups excluding carboxylic acids is 1. The summed E-state index contributed by atoms with van der Waals surface area (Å²) in [4.78, 5) is 15.5. The molecule has 0 atom stereocenters. The number of rotatable bonds is 5. The van der Waals surface area contributed by atoms with E-state index in [0.717, 1.165) is 24.3 Å². The molecule has 0 N–H and O–H groups in total. The normalized spacial score (nSPS) is 11.8. The number of ether oxygens (including phenoxy) is 1. The third kappa shape index (κ3) is 3.50. The van der Waals surface area contributed by atoms with Crippen molar-refractivity contribution in [2.75, 3.05) is 0 Å². The van der Waals surface area contributed by atoms with Gasteiger partial charge in [-0.2, -0.15) is 8.78 Å². The van der Waals surface area contributed by atoms with Crippen LogP contribution in [0.4, 0.5) is 8.78 Å². The van der Waals surface area contributed by atoms with E-state index in [4.69, 9.17) is 9.15 Å². The Hall–Kier alpha value is -2.81. The van der Waals surface area contributed by atoms with Crippen molar-refractivity contribution in [1.82, 2.24) is 4.98 Å². The monoisotopic (exact) mass is 367 g/mol. The molecule has 0 radical (unpaired) electrons. The molecule has 0 unspecified atom stereocenters. The second kappa shape index (κ2) is 6.60. The minimum absolute atomic E-state index is 0.0179. The van der Waals surface area contributed by atoms with E-state index in [1.165, 1.54) is 0 Å². The zero-order valence-corrected chi connectivity index (χ0v) is 13.4. The van der Waals surface area contributed by atoms with Crippen molar-refractivity contribution in [3.05, 3.63) is 60.0 Å². The number of hydrogen-bond acceptors (Lipinski definition) is 6. The van der Waals surface area contributed by atoms with Crippen LogP contribution in [0.25, 0.3) is 11.1 Å². The molecule has 0 aliphatic carbocycles. The maximum absolute atomic E-state index is 12.5. The van der Waals surface area contributed by atoms with Gasteiger partial charge in [0.25, 0.3) is 0 Å². The lowest BCUT2D eigenvalue weighted by atomic mass is 10.2. The Kier molecular flexibility index (Phi) is 4.49. The Morgan fingerprint density at radius 1 is 1.12 bits per heavy atom. The molecule has 3 aromatic rings. The first-order valence-corrected chi connectivity index (χ1v) is 8.56. The Morgan fingerprint density at radius 3 is 2.44 bits per heavy atom. The van der Waals surface area contributed by atoms with Crippen LogP contribution in [0.15, 0.2) is 57.8 Å². The predicted octanol–water partition coefficient (Wildman–Crippen LogP) is 3.18. The smallest absolute Gasteiger partial charge is 0.341 e. The van der Waals surface area contributed by atoms with Crippen LogP contribution in [0, 0.1) is 0 Å². The van der Waals surface area contributed by atoms with Crippen LogP contribution in [-0.4, -0.2) is 25.1 Å². The molecule has 0 fully saturated rings. The van der Waals surface area contributed by atoms with E-state index in [-0.39, 0.29) is 18.1 Å². The van der Waals surface area contributed by atoms with Crippen molar-refractivity contribution < 1.29 is 31.1 Å². The molecule has 0 amide bonds. The summed E-state index contributed by atoms with van der Waals surface area (Å²) in [6, 6.07) is 11.1.